The maximum Gasteiger partial charge on any atom is 0.182 e. The zero-order chi connectivity index (χ0) is 15.0. The molecule has 6 heteroatoms. The van der Waals surface area contributed by atoms with Crippen LogP contribution in [-0.4, -0.2) is 20.2 Å². The van der Waals surface area contributed by atoms with Crippen molar-refractivity contribution >= 4 is 21.6 Å². The molecule has 1 aliphatic rings. The van der Waals surface area contributed by atoms with Gasteiger partial charge in [0.2, 0.25) is 0 Å². The minimum atomic E-state index is 0.664. The maximum absolute atomic E-state index is 6.06. The molecule has 1 heterocycles. The van der Waals surface area contributed by atoms with Crippen molar-refractivity contribution in [2.45, 2.75) is 39.7 Å². The summed E-state index contributed by atoms with van der Waals surface area (Å²) in [5, 5.41) is 12.3. The van der Waals surface area contributed by atoms with Crippen LogP contribution in [0.3, 0.4) is 0 Å². The van der Waals surface area contributed by atoms with Crippen LogP contribution in [0.5, 0.6) is 0 Å². The number of nitrogens with two attached hydrogens (primary N) is 1. The Morgan fingerprint density at radius 2 is 2.19 bits per heavy atom. The second-order valence-electron chi connectivity index (χ2n) is 6.02. The van der Waals surface area contributed by atoms with E-state index in [-0.39, 0.29) is 0 Å². The predicted molar refractivity (Wildman–Crippen MR) is 86.6 cm³/mol. The summed E-state index contributed by atoms with van der Waals surface area (Å²) >= 11 is 3.50. The third-order valence-corrected chi connectivity index (χ3v) is 5.09. The van der Waals surface area contributed by atoms with Gasteiger partial charge in [0.15, 0.2) is 5.82 Å². The van der Waals surface area contributed by atoms with Crippen LogP contribution in [-0.2, 0) is 6.54 Å². The Morgan fingerprint density at radius 1 is 1.38 bits per heavy atom. The van der Waals surface area contributed by atoms with Gasteiger partial charge in [-0.15, -0.1) is 5.10 Å². The molecule has 1 aliphatic carbocycles. The topological polar surface area (TPSA) is 69.6 Å². The van der Waals surface area contributed by atoms with Crippen LogP contribution in [0.15, 0.2) is 16.6 Å². The van der Waals surface area contributed by atoms with Gasteiger partial charge in [-0.1, -0.05) is 35.7 Å². The van der Waals surface area contributed by atoms with Crippen LogP contribution in [0.2, 0.25) is 0 Å². The van der Waals surface area contributed by atoms with E-state index in [4.69, 9.17) is 5.73 Å². The number of halogens is 1. The summed E-state index contributed by atoms with van der Waals surface area (Å²) in [6.45, 7) is 5.22. The number of nitrogen functional groups attached to an aromatic ring is 1. The molecule has 0 amide bonds. The van der Waals surface area contributed by atoms with Crippen molar-refractivity contribution in [2.24, 2.45) is 11.8 Å². The number of hydrogen-bond acceptors (Lipinski definition) is 4. The first kappa shape index (κ1) is 14.5. The lowest BCUT2D eigenvalue weighted by molar-refractivity contribution is 0.346. The highest BCUT2D eigenvalue weighted by Crippen LogP contribution is 2.34. The molecule has 0 spiro atoms. The summed E-state index contributed by atoms with van der Waals surface area (Å²) in [6, 6.07) is 3.94. The lowest BCUT2D eigenvalue weighted by atomic mass is 9.98. The molecule has 2 N–H and O–H groups in total. The molecule has 112 valence electrons. The maximum atomic E-state index is 6.06. The summed E-state index contributed by atoms with van der Waals surface area (Å²) in [6.07, 6.45) is 3.89. The van der Waals surface area contributed by atoms with Crippen molar-refractivity contribution in [1.82, 2.24) is 20.2 Å². The number of anilines is 1. The molecule has 1 aromatic carbocycles. The van der Waals surface area contributed by atoms with Gasteiger partial charge in [0.05, 0.1) is 0 Å². The monoisotopic (exact) mass is 349 g/mol. The Bertz CT molecular complexity index is 652. The standard InChI is InChI=1S/C15H20BrN5/c1-9-4-3-5-11(9)8-21-15(18-19-20-21)13-6-12(16)7-14(17)10(13)2/h6-7,9,11H,3-5,8,17H2,1-2H3. The average Bonchev–Trinajstić information content (AvgIpc) is 3.05. The number of hydrogen-bond donors (Lipinski definition) is 1. The lowest BCUT2D eigenvalue weighted by Gasteiger charge is -2.16. The number of nitrogens with zero attached hydrogens (tertiary/aromatic N) is 4. The second kappa shape index (κ2) is 5.75. The van der Waals surface area contributed by atoms with Gasteiger partial charge >= 0.3 is 0 Å². The van der Waals surface area contributed by atoms with E-state index in [1.807, 2.05) is 23.7 Å². The van der Waals surface area contributed by atoms with Crippen molar-refractivity contribution in [3.63, 3.8) is 0 Å². The molecule has 2 atom stereocenters. The molecule has 0 bridgehead atoms. The van der Waals surface area contributed by atoms with Gasteiger partial charge < -0.3 is 5.73 Å². The largest absolute Gasteiger partial charge is 0.398 e. The number of aromatic nitrogens is 4. The Labute approximate surface area is 133 Å². The quantitative estimate of drug-likeness (QED) is 0.861. The molecule has 1 saturated carbocycles. The fourth-order valence-corrected chi connectivity index (χ4v) is 3.64. The third kappa shape index (κ3) is 2.81. The van der Waals surface area contributed by atoms with E-state index < -0.39 is 0 Å². The van der Waals surface area contributed by atoms with Crippen LogP contribution >= 0.6 is 15.9 Å². The van der Waals surface area contributed by atoms with Crippen LogP contribution < -0.4 is 5.73 Å². The van der Waals surface area contributed by atoms with Crippen molar-refractivity contribution in [2.75, 3.05) is 5.73 Å². The molecule has 2 unspecified atom stereocenters. The molecule has 5 nitrogen and oxygen atoms in total. The number of tetrazole rings is 1. The first-order valence-corrected chi connectivity index (χ1v) is 8.17. The Balaban J connectivity index is 1.95. The zero-order valence-corrected chi connectivity index (χ0v) is 14.0. The molecule has 2 aromatic rings. The highest BCUT2D eigenvalue weighted by molar-refractivity contribution is 9.10. The predicted octanol–water partition coefficient (Wildman–Crippen LogP) is 3.43. The summed E-state index contributed by atoms with van der Waals surface area (Å²) < 4.78 is 2.88. The lowest BCUT2D eigenvalue weighted by Crippen LogP contribution is -2.15. The van der Waals surface area contributed by atoms with Gasteiger partial charge in [-0.25, -0.2) is 4.68 Å². The van der Waals surface area contributed by atoms with Gasteiger partial charge in [0.1, 0.15) is 0 Å². The van der Waals surface area contributed by atoms with Gasteiger partial charge in [-0.05, 0) is 53.3 Å². The highest BCUT2D eigenvalue weighted by Gasteiger charge is 2.25. The zero-order valence-electron chi connectivity index (χ0n) is 12.4. The Kier molecular flexibility index (Phi) is 3.97. The highest BCUT2D eigenvalue weighted by atomic mass is 79.9. The SMILES string of the molecule is Cc1c(N)cc(Br)cc1-c1nnnn1CC1CCCC1C. The molecule has 0 radical (unpaired) electrons. The van der Waals surface area contributed by atoms with Crippen LogP contribution in [0.1, 0.15) is 31.7 Å². The van der Waals surface area contributed by atoms with Crippen molar-refractivity contribution < 1.29 is 0 Å². The first-order valence-electron chi connectivity index (χ1n) is 7.38. The van der Waals surface area contributed by atoms with E-state index in [9.17, 15) is 0 Å². The van der Waals surface area contributed by atoms with E-state index in [0.29, 0.717) is 5.92 Å². The summed E-state index contributed by atoms with van der Waals surface area (Å²) in [4.78, 5) is 0. The van der Waals surface area contributed by atoms with Gasteiger partial charge in [-0.3, -0.25) is 0 Å². The Hall–Kier alpha value is -1.43. The van der Waals surface area contributed by atoms with E-state index in [1.54, 1.807) is 0 Å². The molecule has 0 saturated heterocycles. The fourth-order valence-electron chi connectivity index (χ4n) is 3.17. The summed E-state index contributed by atoms with van der Waals surface area (Å²) in [5.41, 5.74) is 8.83. The Morgan fingerprint density at radius 3 is 2.90 bits per heavy atom. The minimum absolute atomic E-state index is 0.664. The normalized spacial score (nSPS) is 21.9. The molecule has 0 aliphatic heterocycles. The van der Waals surface area contributed by atoms with E-state index in [1.165, 1.54) is 19.3 Å². The first-order chi connectivity index (χ1) is 10.1. The number of benzene rings is 1. The van der Waals surface area contributed by atoms with Gasteiger partial charge in [0, 0.05) is 22.3 Å². The van der Waals surface area contributed by atoms with E-state index >= 15 is 0 Å². The fraction of sp³-hybridized carbons (Fsp3) is 0.533. The van der Waals surface area contributed by atoms with Crippen molar-refractivity contribution in [1.29, 1.82) is 0 Å². The van der Waals surface area contributed by atoms with Crippen LogP contribution in [0.4, 0.5) is 5.69 Å². The van der Waals surface area contributed by atoms with Crippen molar-refractivity contribution in [3.05, 3.63) is 22.2 Å². The molecular formula is C15H20BrN5. The molecule has 1 aromatic heterocycles. The molecule has 3 rings (SSSR count). The third-order valence-electron chi connectivity index (χ3n) is 4.63. The molecular weight excluding hydrogens is 330 g/mol. The summed E-state index contributed by atoms with van der Waals surface area (Å²) in [7, 11) is 0. The molecule has 1 fully saturated rings. The second-order valence-corrected chi connectivity index (χ2v) is 6.94. The van der Waals surface area contributed by atoms with E-state index in [0.717, 1.165) is 39.6 Å². The average molecular weight is 350 g/mol. The number of rotatable bonds is 3. The smallest absolute Gasteiger partial charge is 0.182 e. The van der Waals surface area contributed by atoms with E-state index in [2.05, 4.69) is 38.4 Å². The van der Waals surface area contributed by atoms with Gasteiger partial charge in [-0.2, -0.15) is 0 Å². The molecule has 21 heavy (non-hydrogen) atoms. The minimum Gasteiger partial charge on any atom is -0.398 e. The van der Waals surface area contributed by atoms with Crippen LogP contribution in [0.25, 0.3) is 11.4 Å². The van der Waals surface area contributed by atoms with Gasteiger partial charge in [0.25, 0.3) is 0 Å². The van der Waals surface area contributed by atoms with Crippen LogP contribution in [0, 0.1) is 18.8 Å². The van der Waals surface area contributed by atoms with Crippen molar-refractivity contribution in [3.8, 4) is 11.4 Å². The summed E-state index contributed by atoms with van der Waals surface area (Å²) in [5.74, 6) is 2.22.